The Hall–Kier alpha value is -0.570. The van der Waals surface area contributed by atoms with Crippen molar-refractivity contribution in [2.45, 2.75) is 44.6 Å². The zero-order chi connectivity index (χ0) is 9.97. The fourth-order valence-corrected chi connectivity index (χ4v) is 2.67. The first kappa shape index (κ1) is 9.97. The van der Waals surface area contributed by atoms with Crippen molar-refractivity contribution in [3.8, 4) is 0 Å². The van der Waals surface area contributed by atoms with Gasteiger partial charge in [0.2, 0.25) is 5.91 Å². The molecule has 1 aliphatic carbocycles. The minimum atomic E-state index is -0.212. The van der Waals surface area contributed by atoms with Crippen LogP contribution in [0.15, 0.2) is 0 Å². The molecule has 0 radical (unpaired) electrons. The molecule has 0 bridgehead atoms. The van der Waals surface area contributed by atoms with Gasteiger partial charge in [-0.15, -0.1) is 0 Å². The highest BCUT2D eigenvalue weighted by Crippen LogP contribution is 2.28. The Morgan fingerprint density at radius 1 is 1.14 bits per heavy atom. The van der Waals surface area contributed by atoms with E-state index in [1.807, 2.05) is 4.90 Å². The van der Waals surface area contributed by atoms with Gasteiger partial charge >= 0.3 is 0 Å². The number of hydrogen-bond donors (Lipinski definition) is 1. The van der Waals surface area contributed by atoms with Crippen LogP contribution in [0.25, 0.3) is 0 Å². The van der Waals surface area contributed by atoms with E-state index in [2.05, 4.69) is 0 Å². The van der Waals surface area contributed by atoms with Gasteiger partial charge in [0.1, 0.15) is 0 Å². The molecule has 14 heavy (non-hydrogen) atoms. The van der Waals surface area contributed by atoms with Gasteiger partial charge in [0.05, 0.1) is 6.04 Å². The Kier molecular flexibility index (Phi) is 3.06. The van der Waals surface area contributed by atoms with Gasteiger partial charge in [-0.1, -0.05) is 12.8 Å². The van der Waals surface area contributed by atoms with Gasteiger partial charge in [-0.05, 0) is 31.6 Å². The fourth-order valence-electron chi connectivity index (χ4n) is 2.67. The maximum atomic E-state index is 11.9. The fraction of sp³-hybridized carbons (Fsp3) is 0.909. The van der Waals surface area contributed by atoms with E-state index in [0.717, 1.165) is 38.8 Å². The highest BCUT2D eigenvalue weighted by molar-refractivity contribution is 5.82. The maximum absolute atomic E-state index is 11.9. The molecule has 2 rings (SSSR count). The summed E-state index contributed by atoms with van der Waals surface area (Å²) >= 11 is 0. The second-order valence-corrected chi connectivity index (χ2v) is 4.60. The summed E-state index contributed by atoms with van der Waals surface area (Å²) in [5.41, 5.74) is 6.01. The average Bonchev–Trinajstić information content (AvgIpc) is 2.87. The van der Waals surface area contributed by atoms with Crippen LogP contribution in [0.4, 0.5) is 0 Å². The zero-order valence-corrected chi connectivity index (χ0v) is 8.74. The van der Waals surface area contributed by atoms with Crippen molar-refractivity contribution in [3.63, 3.8) is 0 Å². The summed E-state index contributed by atoms with van der Waals surface area (Å²) in [4.78, 5) is 13.9. The molecule has 2 fully saturated rings. The van der Waals surface area contributed by atoms with E-state index in [4.69, 9.17) is 5.73 Å². The third kappa shape index (κ3) is 1.92. The summed E-state index contributed by atoms with van der Waals surface area (Å²) in [5.74, 6) is 0.664. The smallest absolute Gasteiger partial charge is 0.239 e. The SMILES string of the molecule is N[C@H](C(=O)N1CCCC1)C1CCCC1. The number of carbonyl (C=O) groups excluding carboxylic acids is 1. The van der Waals surface area contributed by atoms with E-state index in [0.29, 0.717) is 5.92 Å². The van der Waals surface area contributed by atoms with Gasteiger partial charge in [-0.3, -0.25) is 4.79 Å². The lowest BCUT2D eigenvalue weighted by Crippen LogP contribution is -2.46. The van der Waals surface area contributed by atoms with E-state index in [-0.39, 0.29) is 11.9 Å². The third-order valence-corrected chi connectivity index (χ3v) is 3.61. The molecule has 1 amide bonds. The molecule has 1 heterocycles. The molecule has 1 aliphatic heterocycles. The first-order chi connectivity index (χ1) is 6.79. The molecule has 1 saturated heterocycles. The van der Waals surface area contributed by atoms with Crippen LogP contribution in [0.3, 0.4) is 0 Å². The van der Waals surface area contributed by atoms with Crippen molar-refractivity contribution in [2.75, 3.05) is 13.1 Å². The highest BCUT2D eigenvalue weighted by atomic mass is 16.2. The summed E-state index contributed by atoms with van der Waals surface area (Å²) in [6, 6.07) is -0.212. The Morgan fingerprint density at radius 2 is 1.71 bits per heavy atom. The largest absolute Gasteiger partial charge is 0.341 e. The number of likely N-dealkylation sites (tertiary alicyclic amines) is 1. The molecule has 2 aliphatic rings. The number of nitrogens with two attached hydrogens (primary N) is 1. The zero-order valence-electron chi connectivity index (χ0n) is 8.74. The second kappa shape index (κ2) is 4.30. The first-order valence-corrected chi connectivity index (χ1v) is 5.83. The Morgan fingerprint density at radius 3 is 2.29 bits per heavy atom. The van der Waals surface area contributed by atoms with E-state index >= 15 is 0 Å². The van der Waals surface area contributed by atoms with Crippen molar-refractivity contribution in [1.82, 2.24) is 4.90 Å². The first-order valence-electron chi connectivity index (χ1n) is 5.83. The summed E-state index contributed by atoms with van der Waals surface area (Å²) in [5, 5.41) is 0. The quantitative estimate of drug-likeness (QED) is 0.719. The molecule has 3 heteroatoms. The summed E-state index contributed by atoms with van der Waals surface area (Å²) in [7, 11) is 0. The predicted octanol–water partition coefficient (Wildman–Crippen LogP) is 1.13. The summed E-state index contributed by atoms with van der Waals surface area (Å²) < 4.78 is 0. The predicted molar refractivity (Wildman–Crippen MR) is 55.7 cm³/mol. The van der Waals surface area contributed by atoms with Crippen LogP contribution in [0.2, 0.25) is 0 Å². The normalized spacial score (nSPS) is 25.6. The Bertz CT molecular complexity index is 205. The van der Waals surface area contributed by atoms with Crippen LogP contribution in [-0.4, -0.2) is 29.9 Å². The van der Waals surface area contributed by atoms with Crippen molar-refractivity contribution >= 4 is 5.91 Å². The van der Waals surface area contributed by atoms with Gasteiger partial charge in [-0.25, -0.2) is 0 Å². The molecule has 1 atom stereocenters. The molecule has 0 aromatic carbocycles. The molecule has 0 aromatic rings. The molecule has 1 saturated carbocycles. The lowest BCUT2D eigenvalue weighted by Gasteiger charge is -2.24. The van der Waals surface area contributed by atoms with Crippen LogP contribution in [0.1, 0.15) is 38.5 Å². The Balaban J connectivity index is 1.89. The van der Waals surface area contributed by atoms with Crippen molar-refractivity contribution in [3.05, 3.63) is 0 Å². The molecule has 2 N–H and O–H groups in total. The van der Waals surface area contributed by atoms with E-state index in [9.17, 15) is 4.79 Å². The van der Waals surface area contributed by atoms with Crippen LogP contribution in [-0.2, 0) is 4.79 Å². The highest BCUT2D eigenvalue weighted by Gasteiger charge is 2.31. The number of nitrogens with zero attached hydrogens (tertiary/aromatic N) is 1. The molecule has 0 unspecified atom stereocenters. The molecule has 80 valence electrons. The standard InChI is InChI=1S/C11H20N2O/c12-10(9-5-1-2-6-9)11(14)13-7-3-4-8-13/h9-10H,1-8,12H2/t10-/m0/s1. The number of carbonyl (C=O) groups is 1. The van der Waals surface area contributed by atoms with Crippen molar-refractivity contribution in [1.29, 1.82) is 0 Å². The van der Waals surface area contributed by atoms with Gasteiger partial charge in [-0.2, -0.15) is 0 Å². The van der Waals surface area contributed by atoms with E-state index in [1.54, 1.807) is 0 Å². The van der Waals surface area contributed by atoms with Crippen LogP contribution in [0.5, 0.6) is 0 Å². The third-order valence-electron chi connectivity index (χ3n) is 3.61. The number of amides is 1. The molecule has 3 nitrogen and oxygen atoms in total. The lowest BCUT2D eigenvalue weighted by molar-refractivity contribution is -0.132. The lowest BCUT2D eigenvalue weighted by atomic mass is 9.98. The molecular weight excluding hydrogens is 176 g/mol. The minimum Gasteiger partial charge on any atom is -0.341 e. The molecule has 0 spiro atoms. The van der Waals surface area contributed by atoms with E-state index in [1.165, 1.54) is 12.8 Å². The number of hydrogen-bond acceptors (Lipinski definition) is 2. The Labute approximate surface area is 85.6 Å². The second-order valence-electron chi connectivity index (χ2n) is 4.60. The maximum Gasteiger partial charge on any atom is 0.239 e. The topological polar surface area (TPSA) is 46.3 Å². The van der Waals surface area contributed by atoms with Gasteiger partial charge in [0, 0.05) is 13.1 Å². The number of rotatable bonds is 2. The van der Waals surface area contributed by atoms with Crippen LogP contribution < -0.4 is 5.73 Å². The van der Waals surface area contributed by atoms with Gasteiger partial charge < -0.3 is 10.6 Å². The summed E-state index contributed by atoms with van der Waals surface area (Å²) in [6.07, 6.45) is 7.13. The van der Waals surface area contributed by atoms with Crippen LogP contribution >= 0.6 is 0 Å². The molecule has 0 aromatic heterocycles. The molecular formula is C11H20N2O. The van der Waals surface area contributed by atoms with E-state index < -0.39 is 0 Å². The van der Waals surface area contributed by atoms with Gasteiger partial charge in [0.15, 0.2) is 0 Å². The van der Waals surface area contributed by atoms with Crippen molar-refractivity contribution in [2.24, 2.45) is 11.7 Å². The van der Waals surface area contributed by atoms with Crippen LogP contribution in [0, 0.1) is 5.92 Å². The van der Waals surface area contributed by atoms with Gasteiger partial charge in [0.25, 0.3) is 0 Å². The monoisotopic (exact) mass is 196 g/mol. The average molecular weight is 196 g/mol. The van der Waals surface area contributed by atoms with Crippen molar-refractivity contribution < 1.29 is 4.79 Å². The summed E-state index contributed by atoms with van der Waals surface area (Å²) in [6.45, 7) is 1.86. The minimum absolute atomic E-state index is 0.203.